The van der Waals surface area contributed by atoms with Gasteiger partial charge in [0.1, 0.15) is 72.2 Å². The molecule has 0 unspecified atom stereocenters. The van der Waals surface area contributed by atoms with Crippen LogP contribution in [0.2, 0.25) is 0 Å². The number of H-pyrrole nitrogens is 2. The van der Waals surface area contributed by atoms with E-state index < -0.39 is 297 Å². The summed E-state index contributed by atoms with van der Waals surface area (Å²) in [5.41, 5.74) is 19.7. The SMILES string of the molecule is CCCC[C@H]1C(=O)N(C)[C@@H](CCCC)C(=O)N[C@@H](CCC(=O)O)C(=O)N[C@H](C(=O)CCC(N)=O)CSCC(=O)N[C@@H](Cc2ccc(OC)cc2)C(=O)N(C)[C@@H](C)C(=O)N[C@@H](CC(N)=O)C(=O)N2CCC[C@H]2C(=O)N[C@@H](CN)C(=O)N[C@@H](CCC(=O)O)C(=O)N2C[C@H](O)C[C@H]2C(=O)N[C@@H](Cc2c[nH]c3ccccc23)C(=O)C[C@@H](CC(=O)O)C(=O)N[C@@H](Cc2c[nH]c3ccccc23)C(=O)N1C. The van der Waals surface area contributed by atoms with Crippen LogP contribution in [0.4, 0.5) is 0 Å². The number of likely N-dealkylation sites (N-methyl/N-ethyl adjacent to an activating group) is 3. The fourth-order valence-corrected chi connectivity index (χ4v) is 17.4. The van der Waals surface area contributed by atoms with Gasteiger partial charge in [-0.1, -0.05) is 88.1 Å². The van der Waals surface area contributed by atoms with Gasteiger partial charge in [0.25, 0.3) is 0 Å². The number of benzene rings is 3. The van der Waals surface area contributed by atoms with Crippen LogP contribution in [-0.2, 0) is 115 Å². The molecule has 5 heterocycles. The minimum absolute atomic E-state index is 0.0822. The molecule has 0 bridgehead atoms. The number of para-hydroxylation sites is 2. The first-order valence-electron chi connectivity index (χ1n) is 44.5. The smallest absolute Gasteiger partial charge is 0.304 e. The minimum atomic E-state index is -1.87. The van der Waals surface area contributed by atoms with Gasteiger partial charge in [0.05, 0.1) is 49.8 Å². The Morgan fingerprint density at radius 2 is 1.02 bits per heavy atom. The number of nitrogens with two attached hydrogens (primary N) is 3. The fourth-order valence-electron chi connectivity index (χ4n) is 16.5. The number of aliphatic hydroxyl groups is 1. The molecule has 8 rings (SSSR count). The number of primary amides is 2. The summed E-state index contributed by atoms with van der Waals surface area (Å²) in [6, 6.07) is -1.47. The first kappa shape index (κ1) is 106. The molecule has 3 saturated heterocycles. The summed E-state index contributed by atoms with van der Waals surface area (Å²) in [7, 11) is 5.15. The third kappa shape index (κ3) is 29.6. The Morgan fingerprint density at radius 3 is 1.60 bits per heavy atom. The van der Waals surface area contributed by atoms with E-state index in [0.29, 0.717) is 57.1 Å². The molecule has 5 aromatic rings. The number of hydrogen-bond acceptors (Lipinski definition) is 24. The van der Waals surface area contributed by atoms with Gasteiger partial charge in [0.15, 0.2) is 11.6 Å². The van der Waals surface area contributed by atoms with Crippen LogP contribution in [-0.4, -0.2) is 317 Å². The Balaban J connectivity index is 1.20. The van der Waals surface area contributed by atoms with Crippen molar-refractivity contribution in [2.45, 2.75) is 240 Å². The first-order valence-corrected chi connectivity index (χ1v) is 45.6. The quantitative estimate of drug-likeness (QED) is 0.0274. The van der Waals surface area contributed by atoms with Crippen molar-refractivity contribution >= 4 is 152 Å². The van der Waals surface area contributed by atoms with Crippen molar-refractivity contribution in [3.05, 3.63) is 102 Å². The van der Waals surface area contributed by atoms with Crippen molar-refractivity contribution in [3.8, 4) is 5.75 Å². The number of thioether (sulfide) groups is 1. The lowest BCUT2D eigenvalue weighted by Crippen LogP contribution is -2.61. The zero-order valence-corrected chi connectivity index (χ0v) is 76.7. The third-order valence-electron chi connectivity index (χ3n) is 24.2. The monoisotopic (exact) mass is 1890 g/mol. The van der Waals surface area contributed by atoms with Crippen molar-refractivity contribution < 1.29 is 121 Å². The van der Waals surface area contributed by atoms with Gasteiger partial charge in [0, 0.05) is 139 Å². The second-order valence-electron chi connectivity index (χ2n) is 33.8. The number of carboxylic acids is 3. The summed E-state index contributed by atoms with van der Waals surface area (Å²) < 4.78 is 5.32. The summed E-state index contributed by atoms with van der Waals surface area (Å²) in [4.78, 5) is 297. The van der Waals surface area contributed by atoms with Crippen LogP contribution in [0.25, 0.3) is 21.8 Å². The number of Topliss-reactive ketones (excluding diaryl/α,β-unsaturated/α-hetero) is 2. The second-order valence-corrected chi connectivity index (χ2v) is 34.9. The maximum Gasteiger partial charge on any atom is 0.304 e. The highest BCUT2D eigenvalue weighted by Crippen LogP contribution is 2.29. The third-order valence-corrected chi connectivity index (χ3v) is 25.2. The zero-order valence-electron chi connectivity index (χ0n) is 75.9. The molecular weight excluding hydrogens is 1770 g/mol. The van der Waals surface area contributed by atoms with Gasteiger partial charge in [-0.25, -0.2) is 0 Å². The van der Waals surface area contributed by atoms with Crippen LogP contribution in [0.1, 0.15) is 153 Å². The van der Waals surface area contributed by atoms with E-state index in [4.69, 9.17) is 21.9 Å². The number of hydrogen-bond donors (Lipinski definition) is 17. The molecule has 0 saturated carbocycles. The summed E-state index contributed by atoms with van der Waals surface area (Å²) >= 11 is 0.742. The number of rotatable bonds is 28. The number of nitrogens with one attached hydrogen (secondary N) is 10. The van der Waals surface area contributed by atoms with E-state index in [2.05, 4.69) is 52.5 Å². The summed E-state index contributed by atoms with van der Waals surface area (Å²) in [6.45, 7) is 3.30. The van der Waals surface area contributed by atoms with Crippen molar-refractivity contribution in [2.24, 2.45) is 23.1 Å². The van der Waals surface area contributed by atoms with E-state index in [1.165, 1.54) is 41.4 Å². The molecule has 0 aliphatic carbocycles. The molecule has 43 nitrogen and oxygen atoms in total. The zero-order chi connectivity index (χ0) is 98.5. The molecule has 3 aliphatic heterocycles. The number of nitrogens with zero attached hydrogens (tertiary/aromatic N) is 5. The van der Waals surface area contributed by atoms with Gasteiger partial charge in [-0.05, 0) is 86.4 Å². The predicted molar refractivity (Wildman–Crippen MR) is 484 cm³/mol. The average molecular weight is 1890 g/mol. The Bertz CT molecular complexity index is 5120. The molecule has 44 heteroatoms. The maximum absolute atomic E-state index is 15.8. The van der Waals surface area contributed by atoms with E-state index in [1.807, 2.05) is 0 Å². The van der Waals surface area contributed by atoms with E-state index in [0.717, 1.165) is 36.3 Å². The van der Waals surface area contributed by atoms with E-state index in [9.17, 15) is 82.8 Å². The summed E-state index contributed by atoms with van der Waals surface area (Å²) in [6.07, 6.45) is -5.55. The number of carbonyl (C=O) groups is 20. The lowest BCUT2D eigenvalue weighted by atomic mass is 9.91. The number of ketones is 2. The van der Waals surface area contributed by atoms with Crippen LogP contribution >= 0.6 is 11.8 Å². The topological polar surface area (TPSA) is 654 Å². The number of carboxylic acid groups (broad SMARTS) is 3. The molecule has 728 valence electrons. The number of aromatic amines is 2. The molecule has 3 aromatic carbocycles. The molecule has 3 fully saturated rings. The fraction of sp³-hybridized carbons (Fsp3) is 0.533. The number of fused-ring (bicyclic) bond motifs is 4. The number of aliphatic hydroxyl groups excluding tert-OH is 1. The lowest BCUT2D eigenvalue weighted by Gasteiger charge is -2.36. The molecule has 20 N–H and O–H groups in total. The highest BCUT2D eigenvalue weighted by Gasteiger charge is 2.47. The minimum Gasteiger partial charge on any atom is -0.497 e. The molecule has 15 amide bonds. The van der Waals surface area contributed by atoms with Gasteiger partial charge in [-0.2, -0.15) is 0 Å². The van der Waals surface area contributed by atoms with Gasteiger partial charge >= 0.3 is 17.9 Å². The number of amides is 15. The molecule has 134 heavy (non-hydrogen) atoms. The van der Waals surface area contributed by atoms with Crippen molar-refractivity contribution in [3.63, 3.8) is 0 Å². The van der Waals surface area contributed by atoms with Crippen LogP contribution in [0.15, 0.2) is 85.2 Å². The van der Waals surface area contributed by atoms with Crippen molar-refractivity contribution in [1.29, 1.82) is 0 Å². The standard InChI is InChI=1S/C90H122N18O25S/c1-8-10-21-67-83(125)97-59(28-32-76(115)116)81(123)103-66(71(110)30-31-73(92)112)46-134-47-75(114)96-62(35-49-24-26-54(133-7)27-25-49)86(128)104(4)48(3)79(121)100-64(41-74(93)113)89(131)107-34-16-23-68(107)84(126)102-65(42-91)82(124)98-60(29-33-77(117)118)88(130)108-45-53(109)40-70(108)85(127)99-61(36-51-43-94-57-19-14-12-17-55(51)57)72(111)38-50(39-78(119)120)80(122)101-63(37-52-44-95-58-20-15-13-18-56(52)58)87(129)106(6)69(22-11-9-2)90(132)105(67)5/h12-15,17-20,24-27,43-44,48,50,53,59-70,94-95,109H,8-11,16,21-23,28-42,45-47,91H2,1-7H3,(H2,92,112)(H2,93,113)(H,96,114)(H,97,125)(H,98,124)(H,99,127)(H,100,121)(H,101,122)(H,102,126)(H,103,123)(H,115,116)(H,117,118)(H,119,120)/t48-,50-,53+,59-,60-,61-,62-,63-,64-,65-,66-,67-,68-,69-,70-/m0/s1. The van der Waals surface area contributed by atoms with Gasteiger partial charge in [-0.3, -0.25) is 95.9 Å². The van der Waals surface area contributed by atoms with Crippen molar-refractivity contribution in [1.82, 2.24) is 77.0 Å². The molecule has 3 aliphatic rings. The molecule has 0 spiro atoms. The molecule has 0 radical (unpaired) electrons. The summed E-state index contributed by atoms with van der Waals surface area (Å²) in [5, 5.41) is 63.5. The predicted octanol–water partition coefficient (Wildman–Crippen LogP) is -1.41. The average Bonchev–Trinajstić information content (AvgIpc) is 1.61. The Labute approximate surface area is 776 Å². The van der Waals surface area contributed by atoms with Gasteiger partial charge < -0.3 is 119 Å². The second kappa shape index (κ2) is 50.5. The highest BCUT2D eigenvalue weighted by atomic mass is 32.2. The Hall–Kier alpha value is -13.4. The van der Waals surface area contributed by atoms with Crippen LogP contribution in [0, 0.1) is 5.92 Å². The number of carbonyl (C=O) groups excluding carboxylic acids is 17. The van der Waals surface area contributed by atoms with E-state index in [1.54, 1.807) is 92.8 Å². The molecule has 15 atom stereocenters. The number of methoxy groups -OCH3 is 1. The highest BCUT2D eigenvalue weighted by molar-refractivity contribution is 8.00. The molecular formula is C90H122N18O25S. The van der Waals surface area contributed by atoms with Crippen LogP contribution < -0.4 is 64.5 Å². The Kier molecular flexibility index (Phi) is 39.9. The van der Waals surface area contributed by atoms with Crippen LogP contribution in [0.3, 0.4) is 0 Å². The largest absolute Gasteiger partial charge is 0.497 e. The van der Waals surface area contributed by atoms with E-state index >= 15 is 33.6 Å². The number of ether oxygens (including phenoxy) is 1. The van der Waals surface area contributed by atoms with Gasteiger partial charge in [0.2, 0.25) is 88.6 Å². The van der Waals surface area contributed by atoms with Gasteiger partial charge in [-0.15, -0.1) is 11.8 Å². The Morgan fingerprint density at radius 1 is 0.500 bits per heavy atom. The normalized spacial score (nSPS) is 24.8. The van der Waals surface area contributed by atoms with Crippen LogP contribution in [0.5, 0.6) is 5.75 Å². The number of unbranched alkanes of at least 4 members (excludes halogenated alkanes) is 2. The summed E-state index contributed by atoms with van der Waals surface area (Å²) in [5.74, 6) is -24.2. The number of aliphatic carboxylic acids is 3. The number of aromatic nitrogens is 2. The van der Waals surface area contributed by atoms with Crippen molar-refractivity contribution in [2.75, 3.05) is 59.4 Å². The van der Waals surface area contributed by atoms with E-state index in [-0.39, 0.29) is 64.3 Å². The molecule has 2 aromatic heterocycles. The lowest BCUT2D eigenvalue weighted by molar-refractivity contribution is -0.150. The maximum atomic E-state index is 15.8. The first-order chi connectivity index (χ1) is 63.7.